The first kappa shape index (κ1) is 20.0. The number of allylic oxidation sites excluding steroid dienone is 1. The van der Waals surface area contributed by atoms with Crippen molar-refractivity contribution in [3.05, 3.63) is 41.3 Å². The van der Waals surface area contributed by atoms with E-state index in [2.05, 4.69) is 15.7 Å². The maximum absolute atomic E-state index is 3.19. The molecule has 5 heteroatoms. The Morgan fingerprint density at radius 1 is 1.15 bits per heavy atom. The normalized spacial score (nSPS) is 12.9. The molecule has 0 N–H and O–H groups in total. The Morgan fingerprint density at radius 2 is 1.77 bits per heavy atom. The van der Waals surface area contributed by atoms with E-state index in [1.165, 1.54) is 0 Å². The second kappa shape index (κ2) is 16.0. The zero-order valence-corrected chi connectivity index (χ0v) is 14.7. The van der Waals surface area contributed by atoms with Gasteiger partial charge < -0.3 is 24.8 Å². The third-order valence-corrected chi connectivity index (χ3v) is 6.87. The minimum atomic E-state index is 0. The van der Waals surface area contributed by atoms with Gasteiger partial charge in [0.15, 0.2) is 0 Å². The van der Waals surface area contributed by atoms with Gasteiger partial charge in [0.2, 0.25) is 0 Å². The topological polar surface area (TPSA) is 0 Å². The van der Waals surface area contributed by atoms with Crippen LogP contribution >= 0.6 is 0 Å². The zero-order chi connectivity index (χ0) is 7.07. The fourth-order valence-electron chi connectivity index (χ4n) is 0.507. The van der Waals surface area contributed by atoms with Crippen molar-refractivity contribution in [2.24, 2.45) is 0 Å². The van der Waals surface area contributed by atoms with Gasteiger partial charge in [0, 0.05) is 0 Å². The van der Waals surface area contributed by atoms with E-state index in [-0.39, 0.29) is 51.0 Å². The van der Waals surface area contributed by atoms with Crippen LogP contribution in [0.4, 0.5) is 0 Å². The van der Waals surface area contributed by atoms with Crippen molar-refractivity contribution < 1.29 is 51.0 Å². The molecule has 13 heavy (non-hydrogen) atoms. The molecule has 1 atom stereocenters. The number of hydrogen-bond donors (Lipinski definition) is 0. The average Bonchev–Trinajstić information content (AvgIpc) is 2.67. The van der Waals surface area contributed by atoms with Gasteiger partial charge in [-0.3, -0.25) is 0 Å². The van der Waals surface area contributed by atoms with Crippen molar-refractivity contribution in [1.82, 2.24) is 0 Å². The van der Waals surface area contributed by atoms with Gasteiger partial charge in [-0.05, 0) is 0 Å². The quantitative estimate of drug-likeness (QED) is 0.293. The molecule has 0 aromatic heterocycles. The molecule has 0 nitrogen and oxygen atoms in total. The molecular formula is C8H8As2Cl2Zr. The molecule has 1 aromatic rings. The minimum Gasteiger partial charge on any atom is -1.00 e. The van der Waals surface area contributed by atoms with Crippen LogP contribution in [0.15, 0.2) is 41.3 Å². The maximum atomic E-state index is 3.19. The van der Waals surface area contributed by atoms with Gasteiger partial charge in [-0.1, -0.05) is 0 Å². The van der Waals surface area contributed by atoms with E-state index in [4.69, 9.17) is 0 Å². The van der Waals surface area contributed by atoms with Gasteiger partial charge in [-0.2, -0.15) is 18.2 Å². The standard InChI is InChI=1S/C5H5.C3H3As2.2ClH.Zr/c2*1-2-4-5-3-1;;;/h1-5H;1-2,4H;2*1H;/q2*-1;;;+4/p-2. The summed E-state index contributed by atoms with van der Waals surface area (Å²) < 4.78 is 0. The van der Waals surface area contributed by atoms with Crippen molar-refractivity contribution in [3.63, 3.8) is 0 Å². The first-order valence-electron chi connectivity index (χ1n) is 3.02. The smallest absolute Gasteiger partial charge is 1.00 e. The Labute approximate surface area is 122 Å². The third kappa shape index (κ3) is 13.5. The summed E-state index contributed by atoms with van der Waals surface area (Å²) in [5.41, 5.74) is 0. The molecule has 0 radical (unpaired) electrons. The van der Waals surface area contributed by atoms with Crippen molar-refractivity contribution in [2.75, 3.05) is 0 Å². The van der Waals surface area contributed by atoms with E-state index in [0.717, 1.165) is 0 Å². The van der Waals surface area contributed by atoms with Crippen molar-refractivity contribution >= 4 is 31.7 Å². The van der Waals surface area contributed by atoms with Crippen LogP contribution in [0.1, 0.15) is 0 Å². The van der Waals surface area contributed by atoms with Gasteiger partial charge in [-0.15, -0.1) is 0 Å². The Balaban J connectivity index is -0.000000125. The van der Waals surface area contributed by atoms with Gasteiger partial charge >= 0.3 is 68.9 Å². The molecule has 1 heterocycles. The van der Waals surface area contributed by atoms with Gasteiger partial charge in [0.05, 0.1) is 0 Å². The molecule has 0 fully saturated rings. The van der Waals surface area contributed by atoms with Crippen molar-refractivity contribution in [2.45, 2.75) is 0 Å². The van der Waals surface area contributed by atoms with Crippen molar-refractivity contribution in [3.8, 4) is 0 Å². The molecule has 1 aliphatic rings. The third-order valence-electron chi connectivity index (χ3n) is 0.917. The molecule has 0 aliphatic carbocycles. The fraction of sp³-hybridized carbons (Fsp3) is 0. The molecule has 0 amide bonds. The Hall–Kier alpha value is 1.54. The molecule has 0 saturated carbocycles. The Morgan fingerprint density at radius 3 is 1.92 bits per heavy atom. The monoisotopic (exact) mass is 414 g/mol. The minimum absolute atomic E-state index is 0. The van der Waals surface area contributed by atoms with Crippen LogP contribution in [0.5, 0.6) is 0 Å². The number of halogens is 2. The predicted octanol–water partition coefficient (Wildman–Crippen LogP) is -5.34. The van der Waals surface area contributed by atoms with Crippen LogP contribution in [0.2, 0.25) is 0 Å². The zero-order valence-electron chi connectivity index (χ0n) is 6.74. The van der Waals surface area contributed by atoms with Crippen LogP contribution in [0.25, 0.3) is 0 Å². The second-order valence-corrected chi connectivity index (χ2v) is 9.17. The van der Waals surface area contributed by atoms with E-state index < -0.39 is 0 Å². The van der Waals surface area contributed by atoms with E-state index in [9.17, 15) is 0 Å². The summed E-state index contributed by atoms with van der Waals surface area (Å²) in [5, 5.41) is 0. The van der Waals surface area contributed by atoms with Crippen LogP contribution in [0.3, 0.4) is 0 Å². The molecule has 1 unspecified atom stereocenters. The molecule has 0 bridgehead atoms. The second-order valence-electron chi connectivity index (χ2n) is 1.67. The Kier molecular flexibility index (Phi) is 24.6. The fourth-order valence-corrected chi connectivity index (χ4v) is 5.35. The molecule has 0 saturated heterocycles. The summed E-state index contributed by atoms with van der Waals surface area (Å²) in [6.45, 7) is 0. The maximum Gasteiger partial charge on any atom is 4.00 e. The summed E-state index contributed by atoms with van der Waals surface area (Å²) in [6.07, 6.45) is 2.08. The first-order valence-corrected chi connectivity index (χ1v) is 11.0. The van der Waals surface area contributed by atoms with E-state index >= 15 is 0 Å². The number of rotatable bonds is 0. The van der Waals surface area contributed by atoms with E-state index in [1.807, 2.05) is 30.3 Å². The van der Waals surface area contributed by atoms with E-state index in [0.29, 0.717) is 26.9 Å². The summed E-state index contributed by atoms with van der Waals surface area (Å²) in [5.74, 6) is 0. The van der Waals surface area contributed by atoms with Gasteiger partial charge in [0.1, 0.15) is 0 Å². The van der Waals surface area contributed by atoms with Gasteiger partial charge in [0.25, 0.3) is 0 Å². The van der Waals surface area contributed by atoms with Crippen LogP contribution < -0.4 is 24.8 Å². The first-order chi connectivity index (χ1) is 5.00. The molecular weight excluding hydrogens is 408 g/mol. The molecule has 1 aliphatic heterocycles. The molecule has 1 aromatic carbocycles. The van der Waals surface area contributed by atoms with E-state index in [1.54, 1.807) is 0 Å². The van der Waals surface area contributed by atoms with Crippen LogP contribution in [-0.2, 0) is 26.2 Å². The summed E-state index contributed by atoms with van der Waals surface area (Å²) in [7, 11) is 0. The summed E-state index contributed by atoms with van der Waals surface area (Å²) in [6, 6.07) is 10.0. The SMILES string of the molecule is [C-]1=[As][AsH]C=C1.[Cl-].[Cl-].[Zr+4].c1cc[cH-]c1. The Bertz CT molecular complexity index is 183. The molecule has 0 spiro atoms. The van der Waals surface area contributed by atoms with Gasteiger partial charge in [-0.25, -0.2) is 12.1 Å². The predicted molar refractivity (Wildman–Crippen MR) is 49.1 cm³/mol. The van der Waals surface area contributed by atoms with Crippen LogP contribution in [0, 0.1) is 0 Å². The molecule has 68 valence electrons. The number of hydrogen-bond acceptors (Lipinski definition) is 0. The van der Waals surface area contributed by atoms with Crippen molar-refractivity contribution in [1.29, 1.82) is 0 Å². The largest absolute Gasteiger partial charge is 4.00 e. The summed E-state index contributed by atoms with van der Waals surface area (Å²) >= 11 is 1.06. The molecule has 2 rings (SSSR count). The summed E-state index contributed by atoms with van der Waals surface area (Å²) in [4.78, 5) is 5.48. The average molecular weight is 416 g/mol. The van der Waals surface area contributed by atoms with Crippen LogP contribution in [-0.4, -0.2) is 31.7 Å².